The van der Waals surface area contributed by atoms with Crippen molar-refractivity contribution in [3.63, 3.8) is 0 Å². The molecule has 0 spiro atoms. The van der Waals surface area contributed by atoms with E-state index in [2.05, 4.69) is 4.98 Å². The van der Waals surface area contributed by atoms with Gasteiger partial charge in [0, 0.05) is 39.8 Å². The second kappa shape index (κ2) is 5.11. The van der Waals surface area contributed by atoms with Crippen molar-refractivity contribution in [3.8, 4) is 0 Å². The summed E-state index contributed by atoms with van der Waals surface area (Å²) < 4.78 is 1.13. The van der Waals surface area contributed by atoms with Crippen LogP contribution in [0.25, 0.3) is 10.1 Å². The highest BCUT2D eigenvalue weighted by Gasteiger charge is 2.13. The molecule has 0 saturated carbocycles. The lowest BCUT2D eigenvalue weighted by molar-refractivity contribution is 0.0995. The number of pyridine rings is 1. The number of hydrogen-bond donors (Lipinski definition) is 0. The fraction of sp³-hybridized carbons (Fsp3) is 0.0667. The number of ketones is 1. The molecule has 0 amide bonds. The van der Waals surface area contributed by atoms with Crippen molar-refractivity contribution in [1.82, 2.24) is 4.98 Å². The van der Waals surface area contributed by atoms with Gasteiger partial charge in [-0.05, 0) is 17.7 Å². The summed E-state index contributed by atoms with van der Waals surface area (Å²) in [6, 6.07) is 9.72. The van der Waals surface area contributed by atoms with Crippen LogP contribution in [0.5, 0.6) is 0 Å². The smallest absolute Gasteiger partial charge is 0.168 e. The van der Waals surface area contributed by atoms with Crippen LogP contribution >= 0.6 is 22.9 Å². The van der Waals surface area contributed by atoms with Gasteiger partial charge in [-0.25, -0.2) is 0 Å². The van der Waals surface area contributed by atoms with Gasteiger partial charge in [0.25, 0.3) is 0 Å². The number of carbonyl (C=O) groups is 1. The Labute approximate surface area is 119 Å². The average Bonchev–Trinajstić information content (AvgIpc) is 2.85. The summed E-state index contributed by atoms with van der Waals surface area (Å²) >= 11 is 7.63. The third kappa shape index (κ3) is 2.39. The molecule has 3 rings (SSSR count). The fourth-order valence-corrected chi connectivity index (χ4v) is 3.16. The largest absolute Gasteiger partial charge is 0.294 e. The topological polar surface area (TPSA) is 30.0 Å². The van der Waals surface area contributed by atoms with Crippen LogP contribution in [-0.4, -0.2) is 10.8 Å². The maximum Gasteiger partial charge on any atom is 0.168 e. The van der Waals surface area contributed by atoms with Crippen LogP contribution in [-0.2, 0) is 6.42 Å². The molecule has 0 atom stereocenters. The molecule has 94 valence electrons. The monoisotopic (exact) mass is 287 g/mol. The Bertz CT molecular complexity index is 750. The quantitative estimate of drug-likeness (QED) is 0.669. The molecule has 0 unspecified atom stereocenters. The van der Waals surface area contributed by atoms with Crippen molar-refractivity contribution < 1.29 is 4.79 Å². The Morgan fingerprint density at radius 2 is 2.11 bits per heavy atom. The molecule has 3 aromatic rings. The molecule has 2 aromatic heterocycles. The van der Waals surface area contributed by atoms with E-state index in [9.17, 15) is 4.79 Å². The highest BCUT2D eigenvalue weighted by atomic mass is 35.5. The molecule has 0 radical (unpaired) electrons. The van der Waals surface area contributed by atoms with Crippen LogP contribution in [0.4, 0.5) is 0 Å². The summed E-state index contributed by atoms with van der Waals surface area (Å²) in [6.45, 7) is 0. The van der Waals surface area contributed by atoms with Crippen LogP contribution in [0.2, 0.25) is 5.02 Å². The first-order chi connectivity index (χ1) is 9.25. The Morgan fingerprint density at radius 3 is 2.95 bits per heavy atom. The molecule has 0 aliphatic heterocycles. The van der Waals surface area contributed by atoms with Gasteiger partial charge in [0.05, 0.1) is 5.02 Å². The number of halogens is 1. The Balaban J connectivity index is 1.95. The molecule has 0 saturated heterocycles. The van der Waals surface area contributed by atoms with Crippen LogP contribution in [0.3, 0.4) is 0 Å². The van der Waals surface area contributed by atoms with Gasteiger partial charge in [-0.15, -0.1) is 11.3 Å². The first kappa shape index (κ1) is 12.3. The van der Waals surface area contributed by atoms with Crippen LogP contribution < -0.4 is 0 Å². The van der Waals surface area contributed by atoms with Crippen LogP contribution in [0.15, 0.2) is 48.1 Å². The SMILES string of the molecule is O=C(Cc1ccncc1Cl)c1csc2ccccc12. The van der Waals surface area contributed by atoms with Gasteiger partial charge < -0.3 is 0 Å². The summed E-state index contributed by atoms with van der Waals surface area (Å²) in [4.78, 5) is 16.3. The Hall–Kier alpha value is -1.71. The van der Waals surface area contributed by atoms with Crippen LogP contribution in [0.1, 0.15) is 15.9 Å². The van der Waals surface area contributed by atoms with Crippen molar-refractivity contribution in [2.45, 2.75) is 6.42 Å². The third-order valence-corrected chi connectivity index (χ3v) is 4.29. The number of thiophene rings is 1. The molecule has 0 fully saturated rings. The van der Waals surface area contributed by atoms with E-state index in [4.69, 9.17) is 11.6 Å². The minimum atomic E-state index is 0.0885. The van der Waals surface area contributed by atoms with E-state index in [-0.39, 0.29) is 5.78 Å². The summed E-state index contributed by atoms with van der Waals surface area (Å²) in [5.41, 5.74) is 1.59. The van der Waals surface area contributed by atoms with Crippen LogP contribution in [0, 0.1) is 0 Å². The highest BCUT2D eigenvalue weighted by Crippen LogP contribution is 2.27. The van der Waals surface area contributed by atoms with E-state index in [1.807, 2.05) is 29.6 Å². The lowest BCUT2D eigenvalue weighted by atomic mass is 10.0. The van der Waals surface area contributed by atoms with Gasteiger partial charge in [-0.2, -0.15) is 0 Å². The van der Waals surface area contributed by atoms with E-state index in [1.54, 1.807) is 29.8 Å². The number of fused-ring (bicyclic) bond motifs is 1. The zero-order chi connectivity index (χ0) is 13.2. The molecule has 0 bridgehead atoms. The predicted octanol–water partition coefficient (Wildman–Crippen LogP) is 4.38. The van der Waals surface area contributed by atoms with Crippen molar-refractivity contribution in [2.75, 3.05) is 0 Å². The summed E-state index contributed by atoms with van der Waals surface area (Å²) in [5.74, 6) is 0.0885. The summed E-state index contributed by atoms with van der Waals surface area (Å²) in [7, 11) is 0. The van der Waals surface area contributed by atoms with E-state index in [1.165, 1.54) is 0 Å². The van der Waals surface area contributed by atoms with E-state index >= 15 is 0 Å². The lowest BCUT2D eigenvalue weighted by Gasteiger charge is -2.02. The molecule has 19 heavy (non-hydrogen) atoms. The Kier molecular flexibility index (Phi) is 3.32. The van der Waals surface area contributed by atoms with Gasteiger partial charge in [-0.3, -0.25) is 9.78 Å². The second-order valence-corrected chi connectivity index (χ2v) is 5.53. The number of carbonyl (C=O) groups excluding carboxylic acids is 1. The predicted molar refractivity (Wildman–Crippen MR) is 79.1 cm³/mol. The number of hydrogen-bond acceptors (Lipinski definition) is 3. The first-order valence-corrected chi connectivity index (χ1v) is 7.09. The van der Waals surface area contributed by atoms with Gasteiger partial charge >= 0.3 is 0 Å². The van der Waals surface area contributed by atoms with Crippen molar-refractivity contribution >= 4 is 38.8 Å². The highest BCUT2D eigenvalue weighted by molar-refractivity contribution is 7.17. The number of Topliss-reactive ketones (excluding diaryl/α,β-unsaturated/α-hetero) is 1. The molecule has 1 aromatic carbocycles. The zero-order valence-electron chi connectivity index (χ0n) is 9.97. The summed E-state index contributed by atoms with van der Waals surface area (Å²) in [5, 5.41) is 3.47. The first-order valence-electron chi connectivity index (χ1n) is 5.83. The number of benzene rings is 1. The number of nitrogens with zero attached hydrogens (tertiary/aromatic N) is 1. The molecule has 0 aliphatic rings. The molecule has 4 heteroatoms. The van der Waals surface area contributed by atoms with Crippen molar-refractivity contribution in [1.29, 1.82) is 0 Å². The summed E-state index contributed by atoms with van der Waals surface area (Å²) in [6.07, 6.45) is 3.53. The zero-order valence-corrected chi connectivity index (χ0v) is 11.5. The van der Waals surface area contributed by atoms with E-state index in [0.29, 0.717) is 11.4 Å². The molecule has 0 aliphatic carbocycles. The molecule has 2 nitrogen and oxygen atoms in total. The van der Waals surface area contributed by atoms with E-state index in [0.717, 1.165) is 21.2 Å². The maximum absolute atomic E-state index is 12.4. The molecule has 2 heterocycles. The van der Waals surface area contributed by atoms with Crippen molar-refractivity contribution in [3.05, 3.63) is 64.3 Å². The van der Waals surface area contributed by atoms with Gasteiger partial charge in [0.2, 0.25) is 0 Å². The van der Waals surface area contributed by atoms with E-state index < -0.39 is 0 Å². The number of rotatable bonds is 3. The van der Waals surface area contributed by atoms with Gasteiger partial charge in [0.1, 0.15) is 0 Å². The standard InChI is InChI=1S/C15H10ClNOS/c16-13-8-17-6-5-10(13)7-14(18)12-9-19-15-4-2-1-3-11(12)15/h1-6,8-9H,7H2. The average molecular weight is 288 g/mol. The minimum absolute atomic E-state index is 0.0885. The third-order valence-electron chi connectivity index (χ3n) is 2.99. The fourth-order valence-electron chi connectivity index (χ4n) is 2.01. The van der Waals surface area contributed by atoms with Gasteiger partial charge in [-0.1, -0.05) is 29.8 Å². The van der Waals surface area contributed by atoms with Gasteiger partial charge in [0.15, 0.2) is 5.78 Å². The second-order valence-electron chi connectivity index (χ2n) is 4.21. The Morgan fingerprint density at radius 1 is 1.26 bits per heavy atom. The molecular weight excluding hydrogens is 278 g/mol. The minimum Gasteiger partial charge on any atom is -0.294 e. The molecule has 0 N–H and O–H groups in total. The normalized spacial score (nSPS) is 10.8. The maximum atomic E-state index is 12.4. The van der Waals surface area contributed by atoms with Crippen molar-refractivity contribution in [2.24, 2.45) is 0 Å². The molecular formula is C15H10ClNOS. The number of aromatic nitrogens is 1. The lowest BCUT2D eigenvalue weighted by Crippen LogP contribution is -2.03.